The molecule has 20 heavy (non-hydrogen) atoms. The van der Waals surface area contributed by atoms with E-state index in [2.05, 4.69) is 5.32 Å². The van der Waals surface area contributed by atoms with Crippen molar-refractivity contribution < 1.29 is 26.7 Å². The van der Waals surface area contributed by atoms with Crippen LogP contribution in [0.1, 0.15) is 20.3 Å². The van der Waals surface area contributed by atoms with Gasteiger partial charge in [-0.25, -0.2) is 22.0 Å². The zero-order chi connectivity index (χ0) is 15.4. The molecule has 8 heteroatoms. The predicted octanol–water partition coefficient (Wildman–Crippen LogP) is 2.71. The molecule has 1 aromatic carbocycles. The Morgan fingerprint density at radius 3 is 1.90 bits per heavy atom. The van der Waals surface area contributed by atoms with Gasteiger partial charge in [0.1, 0.15) is 11.7 Å². The SMILES string of the molecule is CCCNC(=O)C(C)Nc1c(F)c(F)c(F)c(F)c1F. The van der Waals surface area contributed by atoms with Crippen LogP contribution in [0.25, 0.3) is 0 Å². The Labute approximate surface area is 112 Å². The van der Waals surface area contributed by atoms with E-state index in [-0.39, 0.29) is 0 Å². The number of carbonyl (C=O) groups is 1. The normalized spacial score (nSPS) is 12.2. The average molecular weight is 296 g/mol. The molecule has 1 amide bonds. The van der Waals surface area contributed by atoms with Crippen LogP contribution in [0.3, 0.4) is 0 Å². The number of halogens is 5. The highest BCUT2D eigenvalue weighted by Gasteiger charge is 2.27. The number of hydrogen-bond donors (Lipinski definition) is 2. The summed E-state index contributed by atoms with van der Waals surface area (Å²) in [5.41, 5.74) is -1.22. The fourth-order valence-corrected chi connectivity index (χ4v) is 1.41. The number of nitrogens with one attached hydrogen (secondary N) is 2. The Bertz CT molecular complexity index is 492. The molecule has 0 spiro atoms. The van der Waals surface area contributed by atoms with E-state index in [4.69, 9.17) is 0 Å². The van der Waals surface area contributed by atoms with E-state index in [0.29, 0.717) is 13.0 Å². The van der Waals surface area contributed by atoms with Gasteiger partial charge in [0.05, 0.1) is 0 Å². The topological polar surface area (TPSA) is 41.1 Å². The second kappa shape index (κ2) is 6.53. The highest BCUT2D eigenvalue weighted by Crippen LogP contribution is 2.27. The molecule has 0 aliphatic heterocycles. The third kappa shape index (κ3) is 3.17. The van der Waals surface area contributed by atoms with Crippen LogP contribution in [0.15, 0.2) is 0 Å². The summed E-state index contributed by atoms with van der Waals surface area (Å²) < 4.78 is 65.5. The van der Waals surface area contributed by atoms with Gasteiger partial charge in [-0.2, -0.15) is 0 Å². The van der Waals surface area contributed by atoms with Crippen molar-refractivity contribution in [2.75, 3.05) is 11.9 Å². The quantitative estimate of drug-likeness (QED) is 0.498. The molecule has 0 saturated carbocycles. The van der Waals surface area contributed by atoms with E-state index >= 15 is 0 Å². The zero-order valence-electron chi connectivity index (χ0n) is 10.8. The van der Waals surface area contributed by atoms with Crippen molar-refractivity contribution in [1.82, 2.24) is 5.32 Å². The fourth-order valence-electron chi connectivity index (χ4n) is 1.41. The van der Waals surface area contributed by atoms with E-state index in [9.17, 15) is 26.7 Å². The molecule has 0 aliphatic rings. The first-order valence-electron chi connectivity index (χ1n) is 5.86. The minimum Gasteiger partial charge on any atom is -0.369 e. The Morgan fingerprint density at radius 2 is 1.45 bits per heavy atom. The summed E-state index contributed by atoms with van der Waals surface area (Å²) in [6, 6.07) is -1.16. The largest absolute Gasteiger partial charge is 0.369 e. The lowest BCUT2D eigenvalue weighted by molar-refractivity contribution is -0.121. The van der Waals surface area contributed by atoms with Crippen molar-refractivity contribution in [1.29, 1.82) is 0 Å². The molecule has 0 heterocycles. The maximum atomic E-state index is 13.4. The number of anilines is 1. The van der Waals surface area contributed by atoms with Crippen LogP contribution in [-0.4, -0.2) is 18.5 Å². The molecule has 0 fully saturated rings. The van der Waals surface area contributed by atoms with E-state index in [1.54, 1.807) is 6.92 Å². The summed E-state index contributed by atoms with van der Waals surface area (Å²) in [5, 5.41) is 4.41. The summed E-state index contributed by atoms with van der Waals surface area (Å²) >= 11 is 0. The summed E-state index contributed by atoms with van der Waals surface area (Å²) in [5.74, 6) is -11.0. The van der Waals surface area contributed by atoms with Gasteiger partial charge in [0.25, 0.3) is 0 Å². The first kappa shape index (κ1) is 16.2. The highest BCUT2D eigenvalue weighted by atomic mass is 19.2. The first-order chi connectivity index (χ1) is 9.31. The monoisotopic (exact) mass is 296 g/mol. The minimum atomic E-state index is -2.24. The Balaban J connectivity index is 3.01. The Morgan fingerprint density at radius 1 is 1.00 bits per heavy atom. The van der Waals surface area contributed by atoms with Gasteiger partial charge in [-0.05, 0) is 13.3 Å². The van der Waals surface area contributed by atoms with Crippen LogP contribution < -0.4 is 10.6 Å². The lowest BCUT2D eigenvalue weighted by Gasteiger charge is -2.16. The molecule has 0 aliphatic carbocycles. The molecule has 112 valence electrons. The molecule has 1 aromatic rings. The van der Waals surface area contributed by atoms with Crippen molar-refractivity contribution in [2.45, 2.75) is 26.3 Å². The minimum absolute atomic E-state index is 0.335. The lowest BCUT2D eigenvalue weighted by atomic mass is 10.2. The third-order valence-corrected chi connectivity index (χ3v) is 2.51. The predicted molar refractivity (Wildman–Crippen MR) is 62.6 cm³/mol. The van der Waals surface area contributed by atoms with E-state index in [0.717, 1.165) is 0 Å². The summed E-state index contributed by atoms with van der Waals surface area (Å²) in [6.07, 6.45) is 0.640. The molecule has 1 rings (SSSR count). The van der Waals surface area contributed by atoms with Gasteiger partial charge in [0, 0.05) is 6.54 Å². The molecular formula is C12H13F5N2O. The molecule has 0 radical (unpaired) electrons. The molecule has 0 saturated heterocycles. The molecule has 2 N–H and O–H groups in total. The van der Waals surface area contributed by atoms with Gasteiger partial charge < -0.3 is 10.6 Å². The van der Waals surface area contributed by atoms with Crippen LogP contribution in [0.5, 0.6) is 0 Å². The van der Waals surface area contributed by atoms with E-state index in [1.807, 2.05) is 5.32 Å². The second-order valence-electron chi connectivity index (χ2n) is 4.10. The van der Waals surface area contributed by atoms with Gasteiger partial charge in [-0.3, -0.25) is 4.79 Å². The maximum absolute atomic E-state index is 13.4. The van der Waals surface area contributed by atoms with Crippen LogP contribution in [0, 0.1) is 29.1 Å². The fraction of sp³-hybridized carbons (Fsp3) is 0.417. The van der Waals surface area contributed by atoms with E-state index in [1.165, 1.54) is 6.92 Å². The van der Waals surface area contributed by atoms with Gasteiger partial charge in [0.15, 0.2) is 23.3 Å². The molecule has 0 bridgehead atoms. The second-order valence-corrected chi connectivity index (χ2v) is 4.10. The Kier molecular flexibility index (Phi) is 5.29. The summed E-state index contributed by atoms with van der Waals surface area (Å²) in [4.78, 5) is 11.5. The number of rotatable bonds is 5. The molecule has 0 aromatic heterocycles. The van der Waals surface area contributed by atoms with Gasteiger partial charge >= 0.3 is 0 Å². The van der Waals surface area contributed by atoms with Crippen molar-refractivity contribution in [3.63, 3.8) is 0 Å². The van der Waals surface area contributed by atoms with Gasteiger partial charge in [-0.1, -0.05) is 6.92 Å². The van der Waals surface area contributed by atoms with Crippen molar-refractivity contribution in [3.05, 3.63) is 29.1 Å². The summed E-state index contributed by atoms with van der Waals surface area (Å²) in [7, 11) is 0. The number of hydrogen-bond acceptors (Lipinski definition) is 2. The molecule has 1 unspecified atom stereocenters. The molecule has 3 nitrogen and oxygen atoms in total. The van der Waals surface area contributed by atoms with Gasteiger partial charge in [-0.15, -0.1) is 0 Å². The van der Waals surface area contributed by atoms with Gasteiger partial charge in [0.2, 0.25) is 11.7 Å². The van der Waals surface area contributed by atoms with Crippen LogP contribution >= 0.6 is 0 Å². The van der Waals surface area contributed by atoms with Crippen molar-refractivity contribution >= 4 is 11.6 Å². The zero-order valence-corrected chi connectivity index (χ0v) is 10.8. The molecular weight excluding hydrogens is 283 g/mol. The summed E-state index contributed by atoms with van der Waals surface area (Å²) in [6.45, 7) is 3.37. The number of carbonyl (C=O) groups excluding carboxylic acids is 1. The standard InChI is InChI=1S/C12H13F5N2O/c1-3-4-18-12(20)5(2)19-11-9(16)7(14)6(13)8(15)10(11)17/h5,19H,3-4H2,1-2H3,(H,18,20). The third-order valence-electron chi connectivity index (χ3n) is 2.51. The van der Waals surface area contributed by atoms with Crippen molar-refractivity contribution in [3.8, 4) is 0 Å². The van der Waals surface area contributed by atoms with Crippen LogP contribution in [0.4, 0.5) is 27.6 Å². The van der Waals surface area contributed by atoms with Crippen LogP contribution in [0.2, 0.25) is 0 Å². The highest BCUT2D eigenvalue weighted by molar-refractivity contribution is 5.84. The smallest absolute Gasteiger partial charge is 0.242 e. The number of amides is 1. The lowest BCUT2D eigenvalue weighted by Crippen LogP contribution is -2.38. The Hall–Kier alpha value is -1.86. The van der Waals surface area contributed by atoms with Crippen LogP contribution in [-0.2, 0) is 4.79 Å². The van der Waals surface area contributed by atoms with Crippen molar-refractivity contribution in [2.24, 2.45) is 0 Å². The van der Waals surface area contributed by atoms with E-state index < -0.39 is 46.7 Å². The average Bonchev–Trinajstić information content (AvgIpc) is 2.44. The molecule has 1 atom stereocenters. The number of benzene rings is 1. The maximum Gasteiger partial charge on any atom is 0.242 e. The first-order valence-corrected chi connectivity index (χ1v) is 5.86.